The lowest BCUT2D eigenvalue weighted by atomic mass is 10.1. The number of rotatable bonds is 6. The lowest BCUT2D eigenvalue weighted by Gasteiger charge is -1.95. The van der Waals surface area contributed by atoms with E-state index < -0.39 is 0 Å². The van der Waals surface area contributed by atoms with Gasteiger partial charge in [0.2, 0.25) is 0 Å². The second-order valence-corrected chi connectivity index (χ2v) is 4.96. The zero-order chi connectivity index (χ0) is 16.3. The average Bonchev–Trinajstić information content (AvgIpc) is 2.62. The molecule has 0 aliphatic heterocycles. The number of hydrogen-bond donors (Lipinski definition) is 0. The van der Waals surface area contributed by atoms with Crippen LogP contribution in [0.1, 0.15) is 28.7 Å². The molecule has 2 aromatic carbocycles. The summed E-state index contributed by atoms with van der Waals surface area (Å²) in [5, 5.41) is 0. The number of terminal acetylenes is 2. The lowest BCUT2D eigenvalue weighted by Crippen LogP contribution is -1.90. The van der Waals surface area contributed by atoms with Crippen molar-refractivity contribution in [3.8, 4) is 24.7 Å². The molecule has 0 fully saturated rings. The van der Waals surface area contributed by atoms with Gasteiger partial charge >= 0.3 is 0 Å². The molecule has 2 aromatic rings. The van der Waals surface area contributed by atoms with Crippen LogP contribution in [0.15, 0.2) is 58.5 Å². The third kappa shape index (κ3) is 5.65. The summed E-state index contributed by atoms with van der Waals surface area (Å²) < 4.78 is 0. The van der Waals surface area contributed by atoms with Gasteiger partial charge in [0, 0.05) is 36.6 Å². The van der Waals surface area contributed by atoms with Gasteiger partial charge in [-0.15, -0.1) is 12.8 Å². The van der Waals surface area contributed by atoms with Crippen LogP contribution in [0.2, 0.25) is 0 Å². The van der Waals surface area contributed by atoms with Crippen LogP contribution in [0.25, 0.3) is 0 Å². The molecule has 0 saturated carbocycles. The first kappa shape index (κ1) is 16.3. The zero-order valence-corrected chi connectivity index (χ0v) is 12.9. The molecule has 0 saturated heterocycles. The molecule has 0 heterocycles. The van der Waals surface area contributed by atoms with E-state index in [2.05, 4.69) is 21.8 Å². The number of benzene rings is 2. The normalized spacial score (nSPS) is 10.7. The zero-order valence-electron chi connectivity index (χ0n) is 12.9. The highest BCUT2D eigenvalue weighted by molar-refractivity contribution is 5.80. The van der Waals surface area contributed by atoms with Gasteiger partial charge in [-0.3, -0.25) is 9.98 Å². The largest absolute Gasteiger partial charge is 0.292 e. The summed E-state index contributed by atoms with van der Waals surface area (Å²) in [4.78, 5) is 8.78. The van der Waals surface area contributed by atoms with Gasteiger partial charge in [0.1, 0.15) is 0 Å². The molecule has 0 atom stereocenters. The van der Waals surface area contributed by atoms with Gasteiger partial charge in [-0.05, 0) is 41.8 Å². The Morgan fingerprint density at radius 2 is 1.09 bits per heavy atom. The first-order valence-electron chi connectivity index (χ1n) is 7.45. The van der Waals surface area contributed by atoms with Crippen molar-refractivity contribution in [3.63, 3.8) is 0 Å². The van der Waals surface area contributed by atoms with E-state index in [1.165, 1.54) is 0 Å². The topological polar surface area (TPSA) is 24.7 Å². The number of hydrogen-bond acceptors (Lipinski definition) is 2. The predicted octanol–water partition coefficient (Wildman–Crippen LogP) is 3.58. The fourth-order valence-electron chi connectivity index (χ4n) is 1.92. The molecule has 0 aliphatic rings. The van der Waals surface area contributed by atoms with Crippen molar-refractivity contribution in [1.82, 2.24) is 0 Å². The highest BCUT2D eigenvalue weighted by atomic mass is 14.7. The van der Waals surface area contributed by atoms with E-state index in [4.69, 9.17) is 12.8 Å². The Balaban J connectivity index is 1.70. The first-order valence-corrected chi connectivity index (χ1v) is 7.45. The monoisotopic (exact) mass is 298 g/mol. The quantitative estimate of drug-likeness (QED) is 0.442. The Labute approximate surface area is 138 Å². The minimum Gasteiger partial charge on any atom is -0.292 e. The van der Waals surface area contributed by atoms with Gasteiger partial charge in [0.05, 0.1) is 0 Å². The molecule has 0 aliphatic carbocycles. The predicted molar refractivity (Wildman–Crippen MR) is 98.3 cm³/mol. The molecular formula is C21H18N2. The van der Waals surface area contributed by atoms with Crippen LogP contribution in [0, 0.1) is 24.7 Å². The Bertz CT molecular complexity index is 684. The second kappa shape index (κ2) is 9.03. The SMILES string of the molecule is C#Cc1ccc(C=NCCCN=Cc2ccc(C#C)cc2)cc1. The average molecular weight is 298 g/mol. The van der Waals surface area contributed by atoms with Gasteiger partial charge in [-0.1, -0.05) is 36.1 Å². The summed E-state index contributed by atoms with van der Waals surface area (Å²) in [5.74, 6) is 5.19. The van der Waals surface area contributed by atoms with Crippen LogP contribution >= 0.6 is 0 Å². The molecule has 0 unspecified atom stereocenters. The van der Waals surface area contributed by atoms with Crippen LogP contribution in [0.3, 0.4) is 0 Å². The van der Waals surface area contributed by atoms with E-state index in [0.29, 0.717) is 0 Å². The fourth-order valence-corrected chi connectivity index (χ4v) is 1.92. The van der Waals surface area contributed by atoms with Gasteiger partial charge in [-0.2, -0.15) is 0 Å². The summed E-state index contributed by atoms with van der Waals surface area (Å²) in [7, 11) is 0. The molecule has 2 rings (SSSR count). The Hall–Kier alpha value is -3.10. The summed E-state index contributed by atoms with van der Waals surface area (Å²) in [6, 6.07) is 15.5. The number of aliphatic imine (C=N–C) groups is 2. The van der Waals surface area contributed by atoms with Crippen molar-refractivity contribution in [1.29, 1.82) is 0 Å². The maximum atomic E-state index is 5.32. The molecule has 0 radical (unpaired) electrons. The second-order valence-electron chi connectivity index (χ2n) is 4.96. The van der Waals surface area contributed by atoms with Gasteiger partial charge in [-0.25, -0.2) is 0 Å². The third-order valence-corrected chi connectivity index (χ3v) is 3.21. The van der Waals surface area contributed by atoms with E-state index in [1.807, 2.05) is 61.0 Å². The van der Waals surface area contributed by atoms with Crippen molar-refractivity contribution < 1.29 is 0 Å². The fraction of sp³-hybridized carbons (Fsp3) is 0.143. The first-order chi connectivity index (χ1) is 11.3. The van der Waals surface area contributed by atoms with E-state index in [0.717, 1.165) is 41.8 Å². The van der Waals surface area contributed by atoms with Crippen molar-refractivity contribution >= 4 is 12.4 Å². The van der Waals surface area contributed by atoms with Crippen LogP contribution in [-0.2, 0) is 0 Å². The Kier molecular flexibility index (Phi) is 6.39. The van der Waals surface area contributed by atoms with Crippen LogP contribution in [0.4, 0.5) is 0 Å². The van der Waals surface area contributed by atoms with Crippen LogP contribution in [-0.4, -0.2) is 25.5 Å². The van der Waals surface area contributed by atoms with Crippen LogP contribution < -0.4 is 0 Å². The molecule has 0 aromatic heterocycles. The molecule has 0 N–H and O–H groups in total. The smallest absolute Gasteiger partial charge is 0.0407 e. The summed E-state index contributed by atoms with van der Waals surface area (Å²) in [5.41, 5.74) is 3.88. The summed E-state index contributed by atoms with van der Waals surface area (Å²) >= 11 is 0. The van der Waals surface area contributed by atoms with E-state index in [9.17, 15) is 0 Å². The van der Waals surface area contributed by atoms with E-state index in [1.54, 1.807) is 0 Å². The molecule has 0 spiro atoms. The third-order valence-electron chi connectivity index (χ3n) is 3.21. The maximum absolute atomic E-state index is 5.32. The summed E-state index contributed by atoms with van der Waals surface area (Å²) in [6.45, 7) is 1.51. The van der Waals surface area contributed by atoms with Crippen molar-refractivity contribution in [3.05, 3.63) is 70.8 Å². The molecule has 112 valence electrons. The highest BCUT2D eigenvalue weighted by Gasteiger charge is 1.90. The van der Waals surface area contributed by atoms with Crippen molar-refractivity contribution in [2.24, 2.45) is 9.98 Å². The minimum atomic E-state index is 0.754. The molecule has 2 nitrogen and oxygen atoms in total. The van der Waals surface area contributed by atoms with Gasteiger partial charge < -0.3 is 0 Å². The Morgan fingerprint density at radius 3 is 1.43 bits per heavy atom. The van der Waals surface area contributed by atoms with E-state index >= 15 is 0 Å². The standard InChI is InChI=1S/C21H18N2/c1-3-18-6-10-20(11-7-18)16-22-14-5-15-23-17-21-12-8-19(4-2)9-13-21/h1-2,6-13,16-17H,5,14-15H2. The molecule has 2 heteroatoms. The molecule has 0 bridgehead atoms. The summed E-state index contributed by atoms with van der Waals surface area (Å²) in [6.07, 6.45) is 15.3. The number of nitrogens with zero attached hydrogens (tertiary/aromatic N) is 2. The van der Waals surface area contributed by atoms with Gasteiger partial charge in [0.15, 0.2) is 0 Å². The Morgan fingerprint density at radius 1 is 0.696 bits per heavy atom. The molecular weight excluding hydrogens is 280 g/mol. The lowest BCUT2D eigenvalue weighted by molar-refractivity contribution is 0.851. The van der Waals surface area contributed by atoms with Crippen LogP contribution in [0.5, 0.6) is 0 Å². The minimum absolute atomic E-state index is 0.754. The van der Waals surface area contributed by atoms with Crippen molar-refractivity contribution in [2.45, 2.75) is 6.42 Å². The van der Waals surface area contributed by atoms with Crippen molar-refractivity contribution in [2.75, 3.05) is 13.1 Å². The molecule has 0 amide bonds. The van der Waals surface area contributed by atoms with E-state index in [-0.39, 0.29) is 0 Å². The highest BCUT2D eigenvalue weighted by Crippen LogP contribution is 2.02. The maximum Gasteiger partial charge on any atom is 0.0407 e. The molecule has 23 heavy (non-hydrogen) atoms. The van der Waals surface area contributed by atoms with Gasteiger partial charge in [0.25, 0.3) is 0 Å².